The summed E-state index contributed by atoms with van der Waals surface area (Å²) in [5.74, 6) is -0.413. The summed E-state index contributed by atoms with van der Waals surface area (Å²) < 4.78 is 4.37. The van der Waals surface area contributed by atoms with Gasteiger partial charge in [0.15, 0.2) is 5.78 Å². The number of carbonyl (C=O) groups is 2. The van der Waals surface area contributed by atoms with Crippen LogP contribution in [0, 0.1) is 5.92 Å². The average Bonchev–Trinajstić information content (AvgIpc) is 2.02. The lowest BCUT2D eigenvalue weighted by Crippen LogP contribution is -2.23. The molecule has 3 nitrogen and oxygen atoms in total. The fourth-order valence-electron chi connectivity index (χ4n) is 0.684. The van der Waals surface area contributed by atoms with E-state index in [1.807, 2.05) is 13.8 Å². The van der Waals surface area contributed by atoms with E-state index in [0.29, 0.717) is 0 Å². The molecule has 0 amide bonds. The molecule has 0 aliphatic heterocycles. The number of halogens is 1. The molecule has 1 unspecified atom stereocenters. The van der Waals surface area contributed by atoms with Crippen LogP contribution in [0.1, 0.15) is 20.3 Å². The van der Waals surface area contributed by atoms with Crippen molar-refractivity contribution in [3.8, 4) is 0 Å². The van der Waals surface area contributed by atoms with Crippen molar-refractivity contribution < 1.29 is 14.3 Å². The maximum absolute atomic E-state index is 11.2. The van der Waals surface area contributed by atoms with Crippen molar-refractivity contribution in [3.63, 3.8) is 0 Å². The molecule has 0 heterocycles. The number of Topliss-reactive ketones (excluding diaryl/α,β-unsaturated/α-hetero) is 1. The van der Waals surface area contributed by atoms with Gasteiger partial charge in [-0.3, -0.25) is 9.59 Å². The van der Waals surface area contributed by atoms with Crippen LogP contribution in [-0.2, 0) is 14.3 Å². The Hall–Kier alpha value is -0.380. The maximum Gasteiger partial charge on any atom is 0.313 e. The van der Waals surface area contributed by atoms with Crippen LogP contribution in [0.15, 0.2) is 0 Å². The van der Waals surface area contributed by atoms with Crippen LogP contribution in [0.3, 0.4) is 0 Å². The fraction of sp³-hybridized carbons (Fsp3) is 0.750. The Labute approximate surface area is 80.6 Å². The van der Waals surface area contributed by atoms with Crippen molar-refractivity contribution in [2.24, 2.45) is 5.92 Å². The van der Waals surface area contributed by atoms with E-state index in [9.17, 15) is 9.59 Å². The summed E-state index contributed by atoms with van der Waals surface area (Å²) in [6.07, 6.45) is -0.148. The van der Waals surface area contributed by atoms with Gasteiger partial charge in [-0.1, -0.05) is 29.8 Å². The third-order valence-corrected chi connectivity index (χ3v) is 3.01. The highest BCUT2D eigenvalue weighted by Gasteiger charge is 2.21. The number of esters is 1. The summed E-state index contributed by atoms with van der Waals surface area (Å²) in [6, 6.07) is 0. The first-order chi connectivity index (χ1) is 5.49. The highest BCUT2D eigenvalue weighted by atomic mass is 79.9. The molecule has 0 aromatic heterocycles. The molecular weight excluding hydrogens is 224 g/mol. The number of hydrogen-bond donors (Lipinski definition) is 0. The predicted molar refractivity (Wildman–Crippen MR) is 49.2 cm³/mol. The summed E-state index contributed by atoms with van der Waals surface area (Å²) in [5, 5.41) is 0. The van der Waals surface area contributed by atoms with Crippen LogP contribution < -0.4 is 0 Å². The molecule has 0 aromatic carbocycles. The third-order valence-electron chi connectivity index (χ3n) is 1.44. The summed E-state index contributed by atoms with van der Waals surface area (Å²) in [6.45, 7) is 3.82. The van der Waals surface area contributed by atoms with Crippen LogP contribution in [0.4, 0.5) is 0 Å². The van der Waals surface area contributed by atoms with Crippen LogP contribution in [0.2, 0.25) is 0 Å². The number of hydrogen-bond acceptors (Lipinski definition) is 3. The quantitative estimate of drug-likeness (QED) is 0.423. The summed E-state index contributed by atoms with van der Waals surface area (Å²) in [7, 11) is 1.27. The first-order valence-corrected chi connectivity index (χ1v) is 4.64. The second-order valence-electron chi connectivity index (χ2n) is 2.87. The third kappa shape index (κ3) is 3.85. The van der Waals surface area contributed by atoms with Gasteiger partial charge in [-0.25, -0.2) is 0 Å². The smallest absolute Gasteiger partial charge is 0.313 e. The van der Waals surface area contributed by atoms with Gasteiger partial charge >= 0.3 is 5.97 Å². The largest absolute Gasteiger partial charge is 0.469 e. The zero-order chi connectivity index (χ0) is 9.72. The van der Waals surface area contributed by atoms with Crippen LogP contribution in [-0.4, -0.2) is 23.7 Å². The Bertz CT molecular complexity index is 177. The number of methoxy groups -OCH3 is 1. The molecule has 0 bridgehead atoms. The Morgan fingerprint density at radius 2 is 1.92 bits per heavy atom. The first kappa shape index (κ1) is 11.6. The fourth-order valence-corrected chi connectivity index (χ4v) is 0.846. The van der Waals surface area contributed by atoms with E-state index in [1.165, 1.54) is 7.11 Å². The predicted octanol–water partition coefficient (Wildman–Crippen LogP) is 1.54. The molecule has 4 heteroatoms. The lowest BCUT2D eigenvalue weighted by molar-refractivity contribution is -0.143. The van der Waals surface area contributed by atoms with Crippen molar-refractivity contribution in [2.75, 3.05) is 7.11 Å². The number of alkyl halides is 1. The van der Waals surface area contributed by atoms with Gasteiger partial charge in [-0.05, 0) is 5.92 Å². The molecule has 0 spiro atoms. The molecule has 70 valence electrons. The molecule has 0 saturated carbocycles. The zero-order valence-corrected chi connectivity index (χ0v) is 9.05. The van der Waals surface area contributed by atoms with Crippen molar-refractivity contribution in [2.45, 2.75) is 25.1 Å². The molecule has 12 heavy (non-hydrogen) atoms. The molecule has 0 rings (SSSR count). The first-order valence-electron chi connectivity index (χ1n) is 3.72. The Balaban J connectivity index is 3.96. The summed E-state index contributed by atoms with van der Waals surface area (Å²) in [4.78, 5) is 21.6. The van der Waals surface area contributed by atoms with E-state index >= 15 is 0 Å². The van der Waals surface area contributed by atoms with E-state index in [4.69, 9.17) is 0 Å². The van der Waals surface area contributed by atoms with E-state index in [-0.39, 0.29) is 22.9 Å². The van der Waals surface area contributed by atoms with Gasteiger partial charge < -0.3 is 4.74 Å². The van der Waals surface area contributed by atoms with E-state index in [1.54, 1.807) is 0 Å². The number of rotatable bonds is 4. The van der Waals surface area contributed by atoms with Gasteiger partial charge in [0.2, 0.25) is 0 Å². The summed E-state index contributed by atoms with van der Waals surface area (Å²) in [5.41, 5.74) is 0. The van der Waals surface area contributed by atoms with E-state index in [2.05, 4.69) is 20.7 Å². The highest BCUT2D eigenvalue weighted by Crippen LogP contribution is 2.14. The van der Waals surface area contributed by atoms with Crippen molar-refractivity contribution >= 4 is 27.7 Å². The zero-order valence-electron chi connectivity index (χ0n) is 7.46. The van der Waals surface area contributed by atoms with Crippen molar-refractivity contribution in [1.82, 2.24) is 0 Å². The summed E-state index contributed by atoms with van der Waals surface area (Å²) >= 11 is 3.21. The molecule has 0 saturated heterocycles. The lowest BCUT2D eigenvalue weighted by atomic mass is 10.1. The molecule has 0 N–H and O–H groups in total. The highest BCUT2D eigenvalue weighted by molar-refractivity contribution is 9.10. The second-order valence-corrected chi connectivity index (χ2v) is 3.85. The van der Waals surface area contributed by atoms with Crippen LogP contribution >= 0.6 is 15.9 Å². The number of carbonyl (C=O) groups excluding carboxylic acids is 2. The van der Waals surface area contributed by atoms with Gasteiger partial charge in [0.05, 0.1) is 11.9 Å². The SMILES string of the molecule is COC(=O)CC(=O)C(Br)C(C)C. The van der Waals surface area contributed by atoms with Gasteiger partial charge in [-0.2, -0.15) is 0 Å². The monoisotopic (exact) mass is 236 g/mol. The Morgan fingerprint density at radius 3 is 2.25 bits per heavy atom. The molecule has 0 radical (unpaired) electrons. The van der Waals surface area contributed by atoms with E-state index < -0.39 is 5.97 Å². The molecule has 0 aliphatic rings. The average molecular weight is 237 g/mol. The van der Waals surface area contributed by atoms with Gasteiger partial charge in [-0.15, -0.1) is 0 Å². The Morgan fingerprint density at radius 1 is 1.42 bits per heavy atom. The van der Waals surface area contributed by atoms with Crippen LogP contribution in [0.5, 0.6) is 0 Å². The van der Waals surface area contributed by atoms with Gasteiger partial charge in [0.25, 0.3) is 0 Å². The van der Waals surface area contributed by atoms with Gasteiger partial charge in [0.1, 0.15) is 6.42 Å². The second kappa shape index (κ2) is 5.30. The minimum Gasteiger partial charge on any atom is -0.469 e. The van der Waals surface area contributed by atoms with Gasteiger partial charge in [0, 0.05) is 0 Å². The maximum atomic E-state index is 11.2. The topological polar surface area (TPSA) is 43.4 Å². The van der Waals surface area contributed by atoms with E-state index in [0.717, 1.165) is 0 Å². The molecule has 0 fully saturated rings. The van der Waals surface area contributed by atoms with Crippen LogP contribution in [0.25, 0.3) is 0 Å². The number of ketones is 1. The lowest BCUT2D eigenvalue weighted by Gasteiger charge is -2.10. The molecular formula is C8H13BrO3. The molecule has 0 aromatic rings. The van der Waals surface area contributed by atoms with Crippen molar-refractivity contribution in [3.05, 3.63) is 0 Å². The van der Waals surface area contributed by atoms with Crippen molar-refractivity contribution in [1.29, 1.82) is 0 Å². The normalized spacial score (nSPS) is 12.8. The Kier molecular flexibility index (Phi) is 5.13. The molecule has 1 atom stereocenters. The standard InChI is InChI=1S/C8H13BrO3/c1-5(2)8(9)6(10)4-7(11)12-3/h5,8H,4H2,1-3H3. The minimum absolute atomic E-state index is 0.128. The molecule has 0 aliphatic carbocycles. The minimum atomic E-state index is -0.481. The number of ether oxygens (including phenoxy) is 1.